The highest BCUT2D eigenvalue weighted by Gasteiger charge is 2.27. The molecule has 0 radical (unpaired) electrons. The molecule has 1 fully saturated rings. The van der Waals surface area contributed by atoms with Crippen molar-refractivity contribution in [3.63, 3.8) is 0 Å². The van der Waals surface area contributed by atoms with Crippen molar-refractivity contribution in [1.82, 2.24) is 5.32 Å². The van der Waals surface area contributed by atoms with Gasteiger partial charge in [0.05, 0.1) is 0 Å². The second kappa shape index (κ2) is 6.48. The van der Waals surface area contributed by atoms with Crippen molar-refractivity contribution in [3.05, 3.63) is 0 Å². The molecular weight excluding hydrogens is 210 g/mol. The lowest BCUT2D eigenvalue weighted by atomic mass is 10.1. The number of unbranched alkanes of at least 4 members (excludes halogenated alkanes) is 1. The number of ether oxygens (including phenoxy) is 1. The summed E-state index contributed by atoms with van der Waals surface area (Å²) in [4.78, 5) is 22.5. The van der Waals surface area contributed by atoms with Crippen LogP contribution in [-0.4, -0.2) is 35.7 Å². The molecule has 0 aromatic carbocycles. The summed E-state index contributed by atoms with van der Waals surface area (Å²) in [6, 6.07) is -0.781. The minimum atomic E-state index is -0.972. The molecule has 0 aliphatic carbocycles. The number of carbonyl (C=O) groups is 2. The van der Waals surface area contributed by atoms with Gasteiger partial charge in [0.15, 0.2) is 0 Å². The van der Waals surface area contributed by atoms with Gasteiger partial charge >= 0.3 is 5.97 Å². The topological polar surface area (TPSA) is 75.6 Å². The van der Waals surface area contributed by atoms with Crippen molar-refractivity contribution in [2.45, 2.75) is 51.2 Å². The first-order valence-corrected chi connectivity index (χ1v) is 5.80. The van der Waals surface area contributed by atoms with Gasteiger partial charge in [0.1, 0.15) is 12.1 Å². The molecule has 0 saturated carbocycles. The second-order valence-corrected chi connectivity index (χ2v) is 4.04. The summed E-state index contributed by atoms with van der Waals surface area (Å²) >= 11 is 0. The average molecular weight is 229 g/mol. The van der Waals surface area contributed by atoms with Crippen molar-refractivity contribution in [3.8, 4) is 0 Å². The Morgan fingerprint density at radius 2 is 2.31 bits per heavy atom. The highest BCUT2D eigenvalue weighted by molar-refractivity contribution is 5.86. The summed E-state index contributed by atoms with van der Waals surface area (Å²) in [5.41, 5.74) is 0. The molecule has 92 valence electrons. The fourth-order valence-corrected chi connectivity index (χ4v) is 1.71. The number of carboxylic acid groups (broad SMARTS) is 1. The van der Waals surface area contributed by atoms with Crippen LogP contribution in [0.4, 0.5) is 0 Å². The van der Waals surface area contributed by atoms with E-state index in [1.807, 2.05) is 6.92 Å². The van der Waals surface area contributed by atoms with E-state index in [1.165, 1.54) is 0 Å². The van der Waals surface area contributed by atoms with Crippen LogP contribution < -0.4 is 5.32 Å². The van der Waals surface area contributed by atoms with E-state index < -0.39 is 18.1 Å². The molecule has 5 nitrogen and oxygen atoms in total. The zero-order chi connectivity index (χ0) is 12.0. The molecule has 16 heavy (non-hydrogen) atoms. The summed E-state index contributed by atoms with van der Waals surface area (Å²) in [5.74, 6) is -1.26. The predicted octanol–water partition coefficient (Wildman–Crippen LogP) is 0.925. The standard InChI is InChI=1S/C11H19NO4/c1-2-3-5-8(11(14)15)12-10(13)9-6-4-7-16-9/h8-9H,2-7H2,1H3,(H,12,13)(H,14,15)/t8-,9-/m0/s1. The summed E-state index contributed by atoms with van der Waals surface area (Å²) < 4.78 is 5.19. The maximum Gasteiger partial charge on any atom is 0.326 e. The molecule has 0 aromatic heterocycles. The molecule has 0 bridgehead atoms. The molecule has 1 aliphatic heterocycles. The fourth-order valence-electron chi connectivity index (χ4n) is 1.71. The molecule has 1 rings (SSSR count). The molecular formula is C11H19NO4. The minimum absolute atomic E-state index is 0.291. The van der Waals surface area contributed by atoms with Crippen LogP contribution in [0, 0.1) is 0 Å². The van der Waals surface area contributed by atoms with E-state index in [0.717, 1.165) is 19.3 Å². The highest BCUT2D eigenvalue weighted by Crippen LogP contribution is 2.12. The minimum Gasteiger partial charge on any atom is -0.480 e. The van der Waals surface area contributed by atoms with Crippen LogP contribution in [0.15, 0.2) is 0 Å². The SMILES string of the molecule is CCCC[C@H](NC(=O)[C@@H]1CCCO1)C(=O)O. The van der Waals surface area contributed by atoms with Crippen molar-refractivity contribution >= 4 is 11.9 Å². The third-order valence-electron chi connectivity index (χ3n) is 2.68. The smallest absolute Gasteiger partial charge is 0.326 e. The Balaban J connectivity index is 2.40. The zero-order valence-corrected chi connectivity index (χ0v) is 9.57. The summed E-state index contributed by atoms with van der Waals surface area (Å²) in [6.07, 6.45) is 3.28. The molecule has 1 aliphatic rings. The lowest BCUT2D eigenvalue weighted by Crippen LogP contribution is -2.45. The van der Waals surface area contributed by atoms with E-state index in [0.29, 0.717) is 19.4 Å². The second-order valence-electron chi connectivity index (χ2n) is 4.04. The van der Waals surface area contributed by atoms with Crippen LogP contribution in [-0.2, 0) is 14.3 Å². The van der Waals surface area contributed by atoms with E-state index in [-0.39, 0.29) is 5.91 Å². The fraction of sp³-hybridized carbons (Fsp3) is 0.818. The zero-order valence-electron chi connectivity index (χ0n) is 9.57. The summed E-state index contributed by atoms with van der Waals surface area (Å²) in [5, 5.41) is 11.5. The Morgan fingerprint density at radius 3 is 2.81 bits per heavy atom. The average Bonchev–Trinajstić information content (AvgIpc) is 2.76. The number of hydrogen-bond donors (Lipinski definition) is 2. The van der Waals surface area contributed by atoms with Gasteiger partial charge in [-0.3, -0.25) is 4.79 Å². The summed E-state index contributed by atoms with van der Waals surface area (Å²) in [7, 11) is 0. The Labute approximate surface area is 95.2 Å². The van der Waals surface area contributed by atoms with Crippen molar-refractivity contribution < 1.29 is 19.4 Å². The first kappa shape index (κ1) is 13.0. The molecule has 1 amide bonds. The molecule has 0 aromatic rings. The third kappa shape index (κ3) is 3.81. The van der Waals surface area contributed by atoms with Crippen LogP contribution in [0.25, 0.3) is 0 Å². The van der Waals surface area contributed by atoms with Gasteiger partial charge in [-0.15, -0.1) is 0 Å². The van der Waals surface area contributed by atoms with Crippen molar-refractivity contribution in [2.24, 2.45) is 0 Å². The number of amides is 1. The van der Waals surface area contributed by atoms with Crippen molar-refractivity contribution in [1.29, 1.82) is 0 Å². The highest BCUT2D eigenvalue weighted by atomic mass is 16.5. The van der Waals surface area contributed by atoms with E-state index in [1.54, 1.807) is 0 Å². The molecule has 5 heteroatoms. The Hall–Kier alpha value is -1.10. The molecule has 1 heterocycles. The van der Waals surface area contributed by atoms with E-state index in [2.05, 4.69) is 5.32 Å². The normalized spacial score (nSPS) is 21.7. The molecule has 0 spiro atoms. The largest absolute Gasteiger partial charge is 0.480 e. The quantitative estimate of drug-likeness (QED) is 0.710. The molecule has 2 atom stereocenters. The number of carbonyl (C=O) groups excluding carboxylic acids is 1. The van der Waals surface area contributed by atoms with Crippen LogP contribution in [0.5, 0.6) is 0 Å². The van der Waals surface area contributed by atoms with E-state index >= 15 is 0 Å². The van der Waals surface area contributed by atoms with E-state index in [9.17, 15) is 9.59 Å². The van der Waals surface area contributed by atoms with Crippen LogP contribution in [0.1, 0.15) is 39.0 Å². The Bertz CT molecular complexity index is 248. The molecule has 0 unspecified atom stereocenters. The van der Waals surface area contributed by atoms with Gasteiger partial charge in [-0.2, -0.15) is 0 Å². The Morgan fingerprint density at radius 1 is 1.56 bits per heavy atom. The van der Waals surface area contributed by atoms with Gasteiger partial charge < -0.3 is 15.2 Å². The lowest BCUT2D eigenvalue weighted by Gasteiger charge is -2.16. The number of carboxylic acids is 1. The van der Waals surface area contributed by atoms with Gasteiger partial charge in [-0.25, -0.2) is 4.79 Å². The van der Waals surface area contributed by atoms with Gasteiger partial charge in [-0.1, -0.05) is 19.8 Å². The van der Waals surface area contributed by atoms with E-state index in [4.69, 9.17) is 9.84 Å². The summed E-state index contributed by atoms with van der Waals surface area (Å²) in [6.45, 7) is 2.57. The third-order valence-corrected chi connectivity index (χ3v) is 2.68. The van der Waals surface area contributed by atoms with Gasteiger partial charge in [0.2, 0.25) is 5.91 Å². The molecule has 2 N–H and O–H groups in total. The van der Waals surface area contributed by atoms with Crippen LogP contribution in [0.3, 0.4) is 0 Å². The number of hydrogen-bond acceptors (Lipinski definition) is 3. The first-order chi connectivity index (χ1) is 7.65. The van der Waals surface area contributed by atoms with Gasteiger partial charge in [0.25, 0.3) is 0 Å². The Kier molecular flexibility index (Phi) is 5.25. The number of rotatable bonds is 6. The predicted molar refractivity (Wildman–Crippen MR) is 58.1 cm³/mol. The maximum absolute atomic E-state index is 11.6. The number of nitrogens with one attached hydrogen (secondary N) is 1. The lowest BCUT2D eigenvalue weighted by molar-refractivity contribution is -0.143. The van der Waals surface area contributed by atoms with Gasteiger partial charge in [-0.05, 0) is 19.3 Å². The first-order valence-electron chi connectivity index (χ1n) is 5.80. The number of aliphatic carboxylic acids is 1. The van der Waals surface area contributed by atoms with Crippen LogP contribution >= 0.6 is 0 Å². The van der Waals surface area contributed by atoms with Gasteiger partial charge in [0, 0.05) is 6.61 Å². The van der Waals surface area contributed by atoms with Crippen LogP contribution in [0.2, 0.25) is 0 Å². The van der Waals surface area contributed by atoms with Crippen molar-refractivity contribution in [2.75, 3.05) is 6.61 Å². The molecule has 1 saturated heterocycles. The maximum atomic E-state index is 11.6. The monoisotopic (exact) mass is 229 g/mol.